The maximum absolute atomic E-state index is 14.0. The van der Waals surface area contributed by atoms with Crippen LogP contribution in [0, 0.1) is 11.6 Å². The Morgan fingerprint density at radius 2 is 1.90 bits per heavy atom. The first-order chi connectivity index (χ1) is 9.58. The van der Waals surface area contributed by atoms with Crippen LogP contribution in [-0.4, -0.2) is 4.57 Å². The smallest absolute Gasteiger partial charge is 0.145 e. The number of nitrogen functional groups attached to an aromatic ring is 1. The Morgan fingerprint density at radius 1 is 1.10 bits per heavy atom. The lowest BCUT2D eigenvalue weighted by Crippen LogP contribution is -2.05. The highest BCUT2D eigenvalue weighted by molar-refractivity contribution is 9.10. The summed E-state index contributed by atoms with van der Waals surface area (Å²) in [6.45, 7) is 0.0921. The summed E-state index contributed by atoms with van der Waals surface area (Å²) in [6, 6.07) is 10.0. The van der Waals surface area contributed by atoms with Crippen LogP contribution in [0.15, 0.2) is 47.1 Å². The number of fused-ring (bicyclic) bond motifs is 1. The molecule has 0 spiro atoms. The number of nitrogens with two attached hydrogens (primary N) is 1. The summed E-state index contributed by atoms with van der Waals surface area (Å²) in [4.78, 5) is 0. The van der Waals surface area contributed by atoms with Crippen molar-refractivity contribution >= 4 is 32.5 Å². The Hall–Kier alpha value is -1.88. The van der Waals surface area contributed by atoms with E-state index in [4.69, 9.17) is 5.73 Å². The van der Waals surface area contributed by atoms with E-state index in [-0.39, 0.29) is 16.6 Å². The third kappa shape index (κ3) is 2.08. The molecule has 3 aromatic rings. The predicted molar refractivity (Wildman–Crippen MR) is 79.5 cm³/mol. The van der Waals surface area contributed by atoms with Gasteiger partial charge in [-0.25, -0.2) is 8.78 Å². The molecule has 0 saturated carbocycles. The Kier molecular flexibility index (Phi) is 3.22. The number of benzene rings is 2. The SMILES string of the molecule is Nc1cccc2ccn(Cc3c(F)ccc(Br)c3F)c12. The van der Waals surface area contributed by atoms with Crippen LogP contribution in [0.25, 0.3) is 10.9 Å². The van der Waals surface area contributed by atoms with E-state index in [2.05, 4.69) is 15.9 Å². The highest BCUT2D eigenvalue weighted by Gasteiger charge is 2.14. The molecule has 0 fully saturated rings. The normalized spacial score (nSPS) is 11.2. The highest BCUT2D eigenvalue weighted by atomic mass is 79.9. The van der Waals surface area contributed by atoms with Gasteiger partial charge in [0.25, 0.3) is 0 Å². The van der Waals surface area contributed by atoms with Gasteiger partial charge in [0, 0.05) is 17.1 Å². The Bertz CT molecular complexity index is 796. The van der Waals surface area contributed by atoms with Crippen molar-refractivity contribution in [3.63, 3.8) is 0 Å². The zero-order valence-electron chi connectivity index (χ0n) is 10.4. The van der Waals surface area contributed by atoms with E-state index in [1.54, 1.807) is 16.8 Å². The fourth-order valence-corrected chi connectivity index (χ4v) is 2.68. The average molecular weight is 337 g/mol. The van der Waals surface area contributed by atoms with Gasteiger partial charge in [-0.1, -0.05) is 12.1 Å². The molecule has 0 aliphatic rings. The van der Waals surface area contributed by atoms with Crippen molar-refractivity contribution in [2.45, 2.75) is 6.54 Å². The van der Waals surface area contributed by atoms with Crippen molar-refractivity contribution < 1.29 is 8.78 Å². The van der Waals surface area contributed by atoms with Crippen LogP contribution in [0.5, 0.6) is 0 Å². The molecule has 0 aliphatic carbocycles. The number of para-hydroxylation sites is 1. The monoisotopic (exact) mass is 336 g/mol. The van der Waals surface area contributed by atoms with Crippen LogP contribution < -0.4 is 5.73 Å². The second-order valence-electron chi connectivity index (χ2n) is 4.55. The Balaban J connectivity index is 2.13. The van der Waals surface area contributed by atoms with Crippen molar-refractivity contribution in [1.29, 1.82) is 0 Å². The van der Waals surface area contributed by atoms with Crippen LogP contribution in [-0.2, 0) is 6.54 Å². The van der Waals surface area contributed by atoms with E-state index >= 15 is 0 Å². The van der Waals surface area contributed by atoms with Gasteiger partial charge in [-0.05, 0) is 40.2 Å². The first kappa shape index (κ1) is 13.1. The fraction of sp³-hybridized carbons (Fsp3) is 0.0667. The Morgan fingerprint density at radius 3 is 2.70 bits per heavy atom. The van der Waals surface area contributed by atoms with Gasteiger partial charge in [0.2, 0.25) is 0 Å². The molecule has 3 rings (SSSR count). The van der Waals surface area contributed by atoms with Crippen LogP contribution in [0.2, 0.25) is 0 Å². The maximum atomic E-state index is 14.0. The minimum absolute atomic E-state index is 0.0140. The third-order valence-electron chi connectivity index (χ3n) is 3.29. The third-order valence-corrected chi connectivity index (χ3v) is 3.90. The molecule has 1 heterocycles. The Labute approximate surface area is 122 Å². The summed E-state index contributed by atoms with van der Waals surface area (Å²) in [5, 5.41) is 0.945. The molecule has 0 atom stereocenters. The van der Waals surface area contributed by atoms with Crippen LogP contribution >= 0.6 is 15.9 Å². The predicted octanol–water partition coefficient (Wildman–Crippen LogP) is 4.31. The van der Waals surface area contributed by atoms with Gasteiger partial charge in [-0.2, -0.15) is 0 Å². The molecular weight excluding hydrogens is 326 g/mol. The maximum Gasteiger partial charge on any atom is 0.145 e. The lowest BCUT2D eigenvalue weighted by atomic mass is 10.2. The average Bonchev–Trinajstić information content (AvgIpc) is 2.84. The van der Waals surface area contributed by atoms with E-state index in [0.717, 1.165) is 10.9 Å². The van der Waals surface area contributed by atoms with E-state index < -0.39 is 11.6 Å². The van der Waals surface area contributed by atoms with Crippen LogP contribution in [0.1, 0.15) is 5.56 Å². The second-order valence-corrected chi connectivity index (χ2v) is 5.40. The van der Waals surface area contributed by atoms with E-state index in [0.29, 0.717) is 5.69 Å². The topological polar surface area (TPSA) is 30.9 Å². The van der Waals surface area contributed by atoms with Crippen molar-refractivity contribution in [3.05, 3.63) is 64.3 Å². The summed E-state index contributed by atoms with van der Waals surface area (Å²) in [6.07, 6.45) is 1.78. The lowest BCUT2D eigenvalue weighted by molar-refractivity contribution is 0.543. The molecule has 2 nitrogen and oxygen atoms in total. The molecule has 0 saturated heterocycles. The molecule has 20 heavy (non-hydrogen) atoms. The molecule has 0 bridgehead atoms. The summed E-state index contributed by atoms with van der Waals surface area (Å²) < 4.78 is 29.8. The summed E-state index contributed by atoms with van der Waals surface area (Å²) in [5.74, 6) is -1.15. The molecule has 0 radical (unpaired) electrons. The number of rotatable bonds is 2. The first-order valence-corrected chi connectivity index (χ1v) is 6.83. The van der Waals surface area contributed by atoms with E-state index in [1.165, 1.54) is 12.1 Å². The summed E-state index contributed by atoms with van der Waals surface area (Å²) in [7, 11) is 0. The minimum Gasteiger partial charge on any atom is -0.397 e. The lowest BCUT2D eigenvalue weighted by Gasteiger charge is -2.10. The van der Waals surface area contributed by atoms with Gasteiger partial charge in [0.1, 0.15) is 11.6 Å². The highest BCUT2D eigenvalue weighted by Crippen LogP contribution is 2.26. The molecule has 0 unspecified atom stereocenters. The number of hydrogen-bond donors (Lipinski definition) is 1. The number of hydrogen-bond acceptors (Lipinski definition) is 1. The van der Waals surface area contributed by atoms with Gasteiger partial charge in [-0.15, -0.1) is 0 Å². The quantitative estimate of drug-likeness (QED) is 0.548. The molecule has 2 aromatic carbocycles. The fourth-order valence-electron chi connectivity index (χ4n) is 2.31. The number of halogens is 3. The number of aromatic nitrogens is 1. The molecule has 102 valence electrons. The molecule has 1 aromatic heterocycles. The van der Waals surface area contributed by atoms with Gasteiger partial charge in [0.05, 0.1) is 22.2 Å². The molecule has 2 N–H and O–H groups in total. The zero-order valence-corrected chi connectivity index (χ0v) is 12.0. The van der Waals surface area contributed by atoms with Crippen molar-refractivity contribution in [1.82, 2.24) is 4.57 Å². The van der Waals surface area contributed by atoms with Crippen molar-refractivity contribution in [3.8, 4) is 0 Å². The van der Waals surface area contributed by atoms with Gasteiger partial charge < -0.3 is 10.3 Å². The van der Waals surface area contributed by atoms with E-state index in [1.807, 2.05) is 18.2 Å². The molecule has 5 heteroatoms. The van der Waals surface area contributed by atoms with Gasteiger partial charge in [0.15, 0.2) is 0 Å². The van der Waals surface area contributed by atoms with Gasteiger partial charge >= 0.3 is 0 Å². The largest absolute Gasteiger partial charge is 0.397 e. The van der Waals surface area contributed by atoms with Crippen LogP contribution in [0.4, 0.5) is 14.5 Å². The number of nitrogens with zero attached hydrogens (tertiary/aromatic N) is 1. The molecular formula is C15H11BrF2N2. The van der Waals surface area contributed by atoms with Crippen molar-refractivity contribution in [2.24, 2.45) is 0 Å². The first-order valence-electron chi connectivity index (χ1n) is 6.03. The standard InChI is InChI=1S/C15H11BrF2N2/c16-11-4-5-12(17)10(14(11)18)8-20-7-6-9-2-1-3-13(19)15(9)20/h1-7H,8,19H2. The molecule has 0 amide bonds. The minimum atomic E-state index is -0.582. The number of anilines is 1. The summed E-state index contributed by atoms with van der Waals surface area (Å²) >= 11 is 3.07. The van der Waals surface area contributed by atoms with Crippen LogP contribution in [0.3, 0.4) is 0 Å². The van der Waals surface area contributed by atoms with Gasteiger partial charge in [-0.3, -0.25) is 0 Å². The summed E-state index contributed by atoms with van der Waals surface area (Å²) in [5.41, 5.74) is 7.33. The van der Waals surface area contributed by atoms with E-state index in [9.17, 15) is 8.78 Å². The van der Waals surface area contributed by atoms with Crippen molar-refractivity contribution in [2.75, 3.05) is 5.73 Å². The molecule has 0 aliphatic heterocycles. The zero-order chi connectivity index (χ0) is 14.3. The second kappa shape index (κ2) is 4.90.